The monoisotopic (exact) mass is 255 g/mol. The highest BCUT2D eigenvalue weighted by Crippen LogP contribution is 2.39. The first-order chi connectivity index (χ1) is 5.21. The first-order valence-corrected chi connectivity index (χ1v) is 4.61. The van der Waals surface area contributed by atoms with E-state index >= 15 is 0 Å². The molecule has 0 unspecified atom stereocenters. The predicted octanol–water partition coefficient (Wildman–Crippen LogP) is 1.83. The molecule has 1 rings (SSSR count). The summed E-state index contributed by atoms with van der Waals surface area (Å²) in [6.45, 7) is 0. The normalized spacial score (nSPS) is 20.1. The number of aliphatic carboxylic acids is 1. The van der Waals surface area contributed by atoms with Gasteiger partial charge in [-0.3, -0.25) is 9.52 Å². The van der Waals surface area contributed by atoms with Gasteiger partial charge in [0, 0.05) is 0 Å². The van der Waals surface area contributed by atoms with Crippen LogP contribution in [0.15, 0.2) is 0 Å². The highest BCUT2D eigenvalue weighted by Gasteiger charge is 2.41. The van der Waals surface area contributed by atoms with E-state index in [0.717, 1.165) is 25.7 Å². The van der Waals surface area contributed by atoms with Gasteiger partial charge in [-0.25, -0.2) is 0 Å². The lowest BCUT2D eigenvalue weighted by Crippen LogP contribution is -2.33. The van der Waals surface area contributed by atoms with Crippen LogP contribution in [0.3, 0.4) is 0 Å². The maximum Gasteiger partial charge on any atom is 0.321 e. The number of rotatable bonds is 3. The van der Waals surface area contributed by atoms with Crippen LogP contribution in [0.1, 0.15) is 25.7 Å². The van der Waals surface area contributed by atoms with Crippen LogP contribution < -0.4 is 4.72 Å². The largest absolute Gasteiger partial charge is 0.480 e. The molecule has 5 heteroatoms. The molecule has 1 aliphatic rings. The van der Waals surface area contributed by atoms with E-state index in [9.17, 15) is 4.79 Å². The van der Waals surface area contributed by atoms with Crippen molar-refractivity contribution in [1.82, 2.24) is 4.72 Å². The average molecular weight is 256 g/mol. The van der Waals surface area contributed by atoms with Gasteiger partial charge in [0.2, 0.25) is 0 Å². The summed E-state index contributed by atoms with van der Waals surface area (Å²) in [5, 5.41) is 8.93. The molecule has 0 aliphatic heterocycles. The summed E-state index contributed by atoms with van der Waals surface area (Å²) in [6, 6.07) is 0. The van der Waals surface area contributed by atoms with Crippen molar-refractivity contribution < 1.29 is 9.90 Å². The lowest BCUT2D eigenvalue weighted by Gasteiger charge is -2.21. The van der Waals surface area contributed by atoms with Crippen LogP contribution in [0.4, 0.5) is 0 Å². The molecule has 0 spiro atoms. The van der Waals surface area contributed by atoms with Crippen molar-refractivity contribution in [3.8, 4) is 0 Å². The molecule has 0 radical (unpaired) electrons. The second-order valence-electron chi connectivity index (χ2n) is 2.81. The number of hydrogen-bond donors (Lipinski definition) is 2. The Hall–Kier alpha value is 0.260. The maximum atomic E-state index is 10.9. The van der Waals surface area contributed by atoms with Gasteiger partial charge in [-0.05, 0) is 19.9 Å². The molecule has 1 aliphatic carbocycles. The fourth-order valence-corrected chi connectivity index (χ4v) is 2.47. The number of carbonyl (C=O) groups is 1. The van der Waals surface area contributed by atoms with Crippen molar-refractivity contribution in [2.75, 3.05) is 7.05 Å². The minimum Gasteiger partial charge on any atom is -0.480 e. The maximum absolute atomic E-state index is 10.9. The van der Waals surface area contributed by atoms with E-state index < -0.39 is 10.7 Å². The van der Waals surface area contributed by atoms with Gasteiger partial charge in [0.05, 0.1) is 0 Å². The Labute approximate surface area is 87.2 Å². The SMILES string of the molecule is Br.CNSC1(C(=O)O)CCCC1. The highest BCUT2D eigenvalue weighted by atomic mass is 79.9. The zero-order chi connectivity index (χ0) is 8.32. The molecule has 1 saturated carbocycles. The first kappa shape index (κ1) is 12.3. The molecule has 0 saturated heterocycles. The smallest absolute Gasteiger partial charge is 0.321 e. The van der Waals surface area contributed by atoms with E-state index in [1.54, 1.807) is 7.05 Å². The van der Waals surface area contributed by atoms with Gasteiger partial charge in [-0.15, -0.1) is 17.0 Å². The molecule has 12 heavy (non-hydrogen) atoms. The minimum atomic E-state index is -0.672. The molecule has 1 fully saturated rings. The van der Waals surface area contributed by atoms with Crippen molar-refractivity contribution in [1.29, 1.82) is 0 Å². The van der Waals surface area contributed by atoms with Gasteiger partial charge in [0.25, 0.3) is 0 Å². The number of carboxylic acids is 1. The summed E-state index contributed by atoms with van der Waals surface area (Å²) in [4.78, 5) is 10.9. The molecule has 0 amide bonds. The van der Waals surface area contributed by atoms with Crippen LogP contribution in [0, 0.1) is 0 Å². The quantitative estimate of drug-likeness (QED) is 0.756. The topological polar surface area (TPSA) is 49.3 Å². The van der Waals surface area contributed by atoms with E-state index in [0.29, 0.717) is 0 Å². The Balaban J connectivity index is 0.00000121. The Morgan fingerprint density at radius 3 is 2.33 bits per heavy atom. The van der Waals surface area contributed by atoms with Gasteiger partial charge in [-0.2, -0.15) is 0 Å². The summed E-state index contributed by atoms with van der Waals surface area (Å²) in [5.41, 5.74) is 0. The Kier molecular flexibility index (Phi) is 5.20. The van der Waals surface area contributed by atoms with Crippen LogP contribution in [0.5, 0.6) is 0 Å². The number of nitrogens with one attached hydrogen (secondary N) is 1. The Bertz CT molecular complexity index is 159. The lowest BCUT2D eigenvalue weighted by atomic mass is 10.1. The molecule has 0 aromatic carbocycles. The summed E-state index contributed by atoms with van der Waals surface area (Å²) >= 11 is 1.34. The number of halogens is 1. The van der Waals surface area contributed by atoms with Crippen molar-refractivity contribution >= 4 is 34.9 Å². The third kappa shape index (κ3) is 2.37. The minimum absolute atomic E-state index is 0. The van der Waals surface area contributed by atoms with E-state index in [2.05, 4.69) is 4.72 Å². The predicted molar refractivity (Wildman–Crippen MR) is 55.8 cm³/mol. The summed E-state index contributed by atoms with van der Waals surface area (Å²) in [6.07, 6.45) is 3.68. The summed E-state index contributed by atoms with van der Waals surface area (Å²) in [7, 11) is 1.77. The zero-order valence-corrected chi connectivity index (χ0v) is 9.53. The second-order valence-corrected chi connectivity index (χ2v) is 4.21. The van der Waals surface area contributed by atoms with Crippen molar-refractivity contribution in [2.45, 2.75) is 30.4 Å². The number of carboxylic acid groups (broad SMARTS) is 1. The molecular weight excluding hydrogens is 242 g/mol. The first-order valence-electron chi connectivity index (χ1n) is 3.79. The molecule has 0 heterocycles. The summed E-state index contributed by atoms with van der Waals surface area (Å²) < 4.78 is 2.33. The van der Waals surface area contributed by atoms with Crippen LogP contribution in [-0.4, -0.2) is 22.9 Å². The van der Waals surface area contributed by atoms with E-state index in [-0.39, 0.29) is 17.0 Å². The van der Waals surface area contributed by atoms with Gasteiger partial charge in [0.15, 0.2) is 0 Å². The van der Waals surface area contributed by atoms with E-state index in [1.807, 2.05) is 0 Å². The third-order valence-electron chi connectivity index (χ3n) is 2.10. The van der Waals surface area contributed by atoms with Gasteiger partial charge < -0.3 is 5.11 Å². The Morgan fingerprint density at radius 2 is 2.00 bits per heavy atom. The van der Waals surface area contributed by atoms with Crippen molar-refractivity contribution in [2.24, 2.45) is 0 Å². The molecular formula is C7H14BrNO2S. The van der Waals surface area contributed by atoms with Crippen molar-refractivity contribution in [3.05, 3.63) is 0 Å². The third-order valence-corrected chi connectivity index (χ3v) is 3.28. The molecule has 72 valence electrons. The van der Waals surface area contributed by atoms with Crippen LogP contribution in [-0.2, 0) is 4.79 Å². The highest BCUT2D eigenvalue weighted by molar-refractivity contribution is 8.93. The van der Waals surface area contributed by atoms with E-state index in [4.69, 9.17) is 5.11 Å². The molecule has 0 bridgehead atoms. The molecule has 3 nitrogen and oxygen atoms in total. The summed E-state index contributed by atoms with van der Waals surface area (Å²) in [5.74, 6) is -0.672. The van der Waals surface area contributed by atoms with Crippen LogP contribution in [0.25, 0.3) is 0 Å². The van der Waals surface area contributed by atoms with Crippen LogP contribution >= 0.6 is 28.9 Å². The standard InChI is InChI=1S/C7H13NO2S.BrH/c1-8-11-7(6(9)10)4-2-3-5-7;/h8H,2-5H2,1H3,(H,9,10);1H. The second kappa shape index (κ2) is 5.09. The fraction of sp³-hybridized carbons (Fsp3) is 0.857. The van der Waals surface area contributed by atoms with Gasteiger partial charge in [-0.1, -0.05) is 24.8 Å². The fourth-order valence-electron chi connectivity index (χ4n) is 1.50. The van der Waals surface area contributed by atoms with Gasteiger partial charge in [0.1, 0.15) is 4.75 Å². The lowest BCUT2D eigenvalue weighted by molar-refractivity contribution is -0.139. The zero-order valence-electron chi connectivity index (χ0n) is 7.00. The Morgan fingerprint density at radius 1 is 1.50 bits per heavy atom. The molecule has 0 aromatic heterocycles. The van der Waals surface area contributed by atoms with E-state index in [1.165, 1.54) is 11.9 Å². The number of hydrogen-bond acceptors (Lipinski definition) is 3. The van der Waals surface area contributed by atoms with Gasteiger partial charge >= 0.3 is 5.97 Å². The molecule has 2 N–H and O–H groups in total. The van der Waals surface area contributed by atoms with Crippen molar-refractivity contribution in [3.63, 3.8) is 0 Å². The molecule has 0 atom stereocenters. The average Bonchev–Trinajstić information content (AvgIpc) is 2.38. The van der Waals surface area contributed by atoms with Crippen LogP contribution in [0.2, 0.25) is 0 Å². The molecule has 0 aromatic rings.